The summed E-state index contributed by atoms with van der Waals surface area (Å²) in [5, 5.41) is 2.68. The Bertz CT molecular complexity index is 1080. The van der Waals surface area contributed by atoms with E-state index in [-0.39, 0.29) is 11.1 Å². The van der Waals surface area contributed by atoms with E-state index in [2.05, 4.69) is 17.1 Å². The number of hydrogen-bond acceptors (Lipinski definition) is 4. The Morgan fingerprint density at radius 1 is 1.05 bits per heavy atom. The van der Waals surface area contributed by atoms with Gasteiger partial charge in [-0.3, -0.25) is 0 Å². The van der Waals surface area contributed by atoms with Crippen molar-refractivity contribution < 1.29 is 22.7 Å². The number of alkyl halides is 3. The molecule has 2 saturated heterocycles. The van der Waals surface area contributed by atoms with E-state index in [9.17, 15) is 18.0 Å². The van der Waals surface area contributed by atoms with Crippen molar-refractivity contribution in [2.75, 3.05) is 63.1 Å². The quantitative estimate of drug-likeness (QED) is 0.468. The van der Waals surface area contributed by atoms with Crippen LogP contribution in [0.2, 0.25) is 5.02 Å². The van der Waals surface area contributed by atoms with E-state index in [0.29, 0.717) is 43.5 Å². The fourth-order valence-electron chi connectivity index (χ4n) is 5.21. The second-order valence-electron chi connectivity index (χ2n) is 9.64. The van der Waals surface area contributed by atoms with E-state index in [4.69, 9.17) is 16.3 Å². The summed E-state index contributed by atoms with van der Waals surface area (Å²) < 4.78 is 45.3. The monoisotopic (exact) mass is 538 g/mol. The van der Waals surface area contributed by atoms with Crippen LogP contribution >= 0.6 is 11.6 Å². The van der Waals surface area contributed by atoms with Gasteiger partial charge in [-0.2, -0.15) is 13.2 Å². The molecule has 0 unspecified atom stereocenters. The van der Waals surface area contributed by atoms with Gasteiger partial charge < -0.3 is 24.8 Å². The molecule has 4 rings (SSSR count). The molecule has 2 aliphatic rings. The minimum Gasteiger partial charge on any atom is -0.496 e. The number of likely N-dealkylation sites (tertiary alicyclic amines) is 1. The summed E-state index contributed by atoms with van der Waals surface area (Å²) in [7, 11) is 1.67. The predicted molar refractivity (Wildman–Crippen MR) is 141 cm³/mol. The number of anilines is 2. The molecule has 2 aliphatic heterocycles. The highest BCUT2D eigenvalue weighted by molar-refractivity contribution is 6.31. The average molecular weight is 539 g/mol. The molecule has 6 nitrogen and oxygen atoms in total. The van der Waals surface area contributed by atoms with E-state index >= 15 is 0 Å². The summed E-state index contributed by atoms with van der Waals surface area (Å²) in [5.74, 6) is 1.21. The Labute approximate surface area is 221 Å². The molecule has 37 heavy (non-hydrogen) atoms. The SMILES string of the molecule is CCCN1CCC(c2cc(NC(=O)N3CCN(c4ccc(Cl)c(C(F)(F)F)c4)CC3)ccc2OC)CC1. The molecule has 0 radical (unpaired) electrons. The summed E-state index contributed by atoms with van der Waals surface area (Å²) in [6.45, 7) is 7.08. The molecule has 0 atom stereocenters. The number of nitrogens with zero attached hydrogens (tertiary/aromatic N) is 3. The number of carbonyl (C=O) groups is 1. The summed E-state index contributed by atoms with van der Waals surface area (Å²) in [6, 6.07) is 9.46. The number of rotatable bonds is 6. The van der Waals surface area contributed by atoms with Crippen molar-refractivity contribution in [2.24, 2.45) is 0 Å². The number of piperazine rings is 1. The number of ether oxygens (including phenoxy) is 1. The molecule has 2 heterocycles. The van der Waals surface area contributed by atoms with Gasteiger partial charge in [0, 0.05) is 37.6 Å². The molecule has 2 amide bonds. The molecule has 0 aromatic heterocycles. The van der Waals surface area contributed by atoms with Gasteiger partial charge >= 0.3 is 12.2 Å². The number of nitrogens with one attached hydrogen (secondary N) is 1. The first-order valence-electron chi connectivity index (χ1n) is 12.8. The maximum Gasteiger partial charge on any atom is 0.417 e. The fraction of sp³-hybridized carbons (Fsp3) is 0.519. The zero-order chi connectivity index (χ0) is 26.6. The molecule has 2 aromatic rings. The zero-order valence-corrected chi connectivity index (χ0v) is 22.0. The fourth-order valence-corrected chi connectivity index (χ4v) is 5.44. The summed E-state index contributed by atoms with van der Waals surface area (Å²) in [6.07, 6.45) is -1.26. The molecule has 0 spiro atoms. The van der Waals surface area contributed by atoms with Gasteiger partial charge in [0.1, 0.15) is 5.75 Å². The van der Waals surface area contributed by atoms with Gasteiger partial charge in [-0.15, -0.1) is 0 Å². The van der Waals surface area contributed by atoms with Crippen molar-refractivity contribution in [3.63, 3.8) is 0 Å². The average Bonchev–Trinajstić information content (AvgIpc) is 2.89. The topological polar surface area (TPSA) is 48.1 Å². The predicted octanol–water partition coefficient (Wildman–Crippen LogP) is 6.31. The lowest BCUT2D eigenvalue weighted by Gasteiger charge is -2.36. The minimum absolute atomic E-state index is 0.222. The Morgan fingerprint density at radius 2 is 1.76 bits per heavy atom. The van der Waals surface area contributed by atoms with Crippen LogP contribution in [0.3, 0.4) is 0 Å². The van der Waals surface area contributed by atoms with Gasteiger partial charge in [0.2, 0.25) is 0 Å². The third-order valence-electron chi connectivity index (χ3n) is 7.24. The van der Waals surface area contributed by atoms with Gasteiger partial charge in [0.15, 0.2) is 0 Å². The molecule has 2 fully saturated rings. The molecular formula is C27H34ClF3N4O2. The number of urea groups is 1. The first-order chi connectivity index (χ1) is 17.7. The number of methoxy groups -OCH3 is 1. The Morgan fingerprint density at radius 3 is 2.38 bits per heavy atom. The first kappa shape index (κ1) is 27.4. The van der Waals surface area contributed by atoms with Crippen molar-refractivity contribution in [1.29, 1.82) is 0 Å². The highest BCUT2D eigenvalue weighted by atomic mass is 35.5. The van der Waals surface area contributed by atoms with Crippen molar-refractivity contribution >= 4 is 29.0 Å². The number of hydrogen-bond donors (Lipinski definition) is 1. The van der Waals surface area contributed by atoms with E-state index in [1.54, 1.807) is 18.1 Å². The molecular weight excluding hydrogens is 505 g/mol. The lowest BCUT2D eigenvalue weighted by Crippen LogP contribution is -2.50. The molecule has 1 N–H and O–H groups in total. The minimum atomic E-state index is -4.52. The normalized spacial score (nSPS) is 17.7. The highest BCUT2D eigenvalue weighted by Crippen LogP contribution is 2.38. The molecule has 0 bridgehead atoms. The maximum absolute atomic E-state index is 13.2. The van der Waals surface area contributed by atoms with Crippen LogP contribution in [-0.2, 0) is 6.18 Å². The van der Waals surface area contributed by atoms with Crippen LogP contribution in [0.4, 0.5) is 29.3 Å². The van der Waals surface area contributed by atoms with Crippen LogP contribution in [0, 0.1) is 0 Å². The van der Waals surface area contributed by atoms with Gasteiger partial charge in [0.05, 0.1) is 17.7 Å². The maximum atomic E-state index is 13.2. The van der Waals surface area contributed by atoms with Crippen molar-refractivity contribution in [1.82, 2.24) is 9.80 Å². The second-order valence-corrected chi connectivity index (χ2v) is 10.0. The smallest absolute Gasteiger partial charge is 0.417 e. The van der Waals surface area contributed by atoms with Gasteiger partial charge in [-0.25, -0.2) is 4.79 Å². The van der Waals surface area contributed by atoms with E-state index < -0.39 is 11.7 Å². The number of piperidine rings is 1. The third kappa shape index (κ3) is 6.62. The lowest BCUT2D eigenvalue weighted by atomic mass is 9.88. The summed E-state index contributed by atoms with van der Waals surface area (Å²) in [4.78, 5) is 19.0. The largest absolute Gasteiger partial charge is 0.496 e. The molecule has 202 valence electrons. The van der Waals surface area contributed by atoms with Crippen molar-refractivity contribution in [2.45, 2.75) is 38.3 Å². The number of halogens is 4. The van der Waals surface area contributed by atoms with E-state index in [1.807, 2.05) is 23.1 Å². The van der Waals surface area contributed by atoms with E-state index in [0.717, 1.165) is 56.3 Å². The molecule has 10 heteroatoms. The molecule has 2 aromatic carbocycles. The Hall–Kier alpha value is -2.65. The second kappa shape index (κ2) is 11.8. The van der Waals surface area contributed by atoms with Crippen LogP contribution in [0.1, 0.15) is 43.2 Å². The van der Waals surface area contributed by atoms with Gasteiger partial charge in [0.25, 0.3) is 0 Å². The lowest BCUT2D eigenvalue weighted by molar-refractivity contribution is -0.137. The van der Waals surface area contributed by atoms with Crippen LogP contribution in [-0.4, -0.2) is 68.8 Å². The van der Waals surface area contributed by atoms with Crippen molar-refractivity contribution in [3.05, 3.63) is 52.5 Å². The molecule has 0 aliphatic carbocycles. The Balaban J connectivity index is 1.37. The molecule has 0 saturated carbocycles. The number of carbonyl (C=O) groups excluding carboxylic acids is 1. The van der Waals surface area contributed by atoms with Gasteiger partial charge in [-0.05, 0) is 86.8 Å². The Kier molecular flexibility index (Phi) is 8.75. The van der Waals surface area contributed by atoms with Crippen LogP contribution in [0.15, 0.2) is 36.4 Å². The third-order valence-corrected chi connectivity index (χ3v) is 7.57. The number of amides is 2. The highest BCUT2D eigenvalue weighted by Gasteiger charge is 2.34. The zero-order valence-electron chi connectivity index (χ0n) is 21.3. The standard InChI is InChI=1S/C27H34ClF3N4O2/c1-3-10-33-11-8-19(9-12-33)22-17-20(4-7-25(22)37-2)32-26(36)35-15-13-34(14-16-35)21-5-6-24(28)23(18-21)27(29,30)31/h4-7,17-19H,3,8-16H2,1-2H3,(H,32,36). The van der Waals surface area contributed by atoms with Crippen LogP contribution in [0.25, 0.3) is 0 Å². The number of benzene rings is 2. The first-order valence-corrected chi connectivity index (χ1v) is 13.1. The summed E-state index contributed by atoms with van der Waals surface area (Å²) >= 11 is 5.75. The van der Waals surface area contributed by atoms with Crippen LogP contribution in [0.5, 0.6) is 5.75 Å². The van der Waals surface area contributed by atoms with Gasteiger partial charge in [-0.1, -0.05) is 18.5 Å². The summed E-state index contributed by atoms with van der Waals surface area (Å²) in [5.41, 5.74) is 1.43. The van der Waals surface area contributed by atoms with E-state index in [1.165, 1.54) is 6.07 Å². The van der Waals surface area contributed by atoms with Crippen molar-refractivity contribution in [3.8, 4) is 5.75 Å². The van der Waals surface area contributed by atoms with Crippen LogP contribution < -0.4 is 15.0 Å².